The highest BCUT2D eigenvalue weighted by molar-refractivity contribution is 5.88. The maximum Gasteiger partial charge on any atom is 0.149 e. The molecule has 7 nitrogen and oxygen atoms in total. The van der Waals surface area contributed by atoms with Gasteiger partial charge in [-0.2, -0.15) is 5.10 Å². The number of fused-ring (bicyclic) bond motifs is 1. The standard InChI is InChI=1S/C23H27N7/c1-3-4-5-6-7-21(17-8-9-17)30-16-19(15-27-30)23-28-20(18(13-24)14-25-2)12-22-26-10-11-29(22)23/h10-18,21,24H,3-4,7-9H2,1-2H3. The quantitative estimate of drug-likeness (QED) is 0.454. The zero-order chi connectivity index (χ0) is 20.9. The van der Waals surface area contributed by atoms with E-state index in [1.165, 1.54) is 19.1 Å². The third-order valence-electron chi connectivity index (χ3n) is 5.42. The first-order valence-corrected chi connectivity index (χ1v) is 10.5. The molecule has 3 aromatic heterocycles. The SMILES string of the molecule is CCCC#CCC(C1CC1)n1cc(-c2nc(C(C=N)C=NC)cc3nccn23)cn1. The first kappa shape index (κ1) is 20.0. The molecule has 154 valence electrons. The van der Waals surface area contributed by atoms with Gasteiger partial charge in [-0.1, -0.05) is 6.92 Å². The highest BCUT2D eigenvalue weighted by atomic mass is 15.3. The van der Waals surface area contributed by atoms with E-state index in [0.717, 1.165) is 42.0 Å². The number of unbranched alkanes of at least 4 members (excludes halogenated alkanes) is 1. The Morgan fingerprint density at radius 1 is 1.37 bits per heavy atom. The summed E-state index contributed by atoms with van der Waals surface area (Å²) in [5.41, 5.74) is 2.48. The predicted molar refractivity (Wildman–Crippen MR) is 119 cm³/mol. The van der Waals surface area contributed by atoms with E-state index in [-0.39, 0.29) is 5.92 Å². The van der Waals surface area contributed by atoms with Gasteiger partial charge in [-0.05, 0) is 25.2 Å². The zero-order valence-corrected chi connectivity index (χ0v) is 17.5. The molecule has 0 saturated heterocycles. The van der Waals surface area contributed by atoms with E-state index >= 15 is 0 Å². The molecule has 1 N–H and O–H groups in total. The van der Waals surface area contributed by atoms with Crippen molar-refractivity contribution in [2.45, 2.75) is 51.0 Å². The summed E-state index contributed by atoms with van der Waals surface area (Å²) in [6, 6.07) is 2.22. The Kier molecular flexibility index (Phi) is 6.03. The number of imidazole rings is 1. The minimum Gasteiger partial charge on any atom is -0.312 e. The summed E-state index contributed by atoms with van der Waals surface area (Å²) in [7, 11) is 1.71. The average Bonchev–Trinajstić information content (AvgIpc) is 3.28. The fraction of sp³-hybridized carbons (Fsp3) is 0.435. The summed E-state index contributed by atoms with van der Waals surface area (Å²) >= 11 is 0. The Balaban J connectivity index is 1.69. The molecular weight excluding hydrogens is 374 g/mol. The first-order chi connectivity index (χ1) is 14.7. The highest BCUT2D eigenvalue weighted by Gasteiger charge is 2.32. The van der Waals surface area contributed by atoms with Crippen LogP contribution in [-0.4, -0.2) is 43.6 Å². The maximum atomic E-state index is 7.74. The smallest absolute Gasteiger partial charge is 0.149 e. The van der Waals surface area contributed by atoms with Crippen LogP contribution in [0.25, 0.3) is 17.0 Å². The summed E-state index contributed by atoms with van der Waals surface area (Å²) in [6.07, 6.45) is 16.0. The van der Waals surface area contributed by atoms with Crippen LogP contribution in [0, 0.1) is 23.2 Å². The number of hydrogen-bond donors (Lipinski definition) is 1. The Hall–Kier alpha value is -3.27. The summed E-state index contributed by atoms with van der Waals surface area (Å²) in [5.74, 6) is 7.76. The van der Waals surface area contributed by atoms with E-state index in [1.54, 1.807) is 19.5 Å². The second-order valence-electron chi connectivity index (χ2n) is 7.68. The van der Waals surface area contributed by atoms with Crippen LogP contribution in [0.2, 0.25) is 0 Å². The van der Waals surface area contributed by atoms with Crippen LogP contribution in [0.15, 0.2) is 35.8 Å². The summed E-state index contributed by atoms with van der Waals surface area (Å²) < 4.78 is 4.02. The number of aromatic nitrogens is 5. The molecule has 1 saturated carbocycles. The average molecular weight is 402 g/mol. The normalized spacial score (nSPS) is 15.8. The lowest BCUT2D eigenvalue weighted by atomic mass is 10.1. The monoisotopic (exact) mass is 401 g/mol. The van der Waals surface area contributed by atoms with Crippen molar-refractivity contribution < 1.29 is 0 Å². The van der Waals surface area contributed by atoms with Crippen LogP contribution < -0.4 is 0 Å². The first-order valence-electron chi connectivity index (χ1n) is 10.5. The fourth-order valence-corrected chi connectivity index (χ4v) is 3.66. The molecule has 0 aromatic carbocycles. The molecule has 0 aliphatic heterocycles. The number of nitrogens with zero attached hydrogens (tertiary/aromatic N) is 6. The third kappa shape index (κ3) is 4.18. The highest BCUT2D eigenvalue weighted by Crippen LogP contribution is 2.41. The third-order valence-corrected chi connectivity index (χ3v) is 5.42. The second kappa shape index (κ2) is 9.04. The van der Waals surface area contributed by atoms with Crippen LogP contribution in [0.1, 0.15) is 56.7 Å². The number of aliphatic imine (C=N–C) groups is 1. The molecule has 1 aliphatic carbocycles. The van der Waals surface area contributed by atoms with E-state index < -0.39 is 0 Å². The van der Waals surface area contributed by atoms with Crippen molar-refractivity contribution in [3.05, 3.63) is 36.5 Å². The number of rotatable bonds is 8. The van der Waals surface area contributed by atoms with Gasteiger partial charge in [0.2, 0.25) is 0 Å². The van der Waals surface area contributed by atoms with Gasteiger partial charge in [0.05, 0.1) is 29.4 Å². The Bertz CT molecular complexity index is 1110. The molecule has 2 atom stereocenters. The van der Waals surface area contributed by atoms with Crippen molar-refractivity contribution >= 4 is 18.1 Å². The Morgan fingerprint density at radius 2 is 2.23 bits per heavy atom. The van der Waals surface area contributed by atoms with Crippen LogP contribution in [0.5, 0.6) is 0 Å². The van der Waals surface area contributed by atoms with Crippen molar-refractivity contribution in [1.82, 2.24) is 24.1 Å². The summed E-state index contributed by atoms with van der Waals surface area (Å²) in [5, 5.41) is 12.4. The Morgan fingerprint density at radius 3 is 2.97 bits per heavy atom. The minimum absolute atomic E-state index is 0.279. The number of nitrogens with one attached hydrogen (secondary N) is 1. The second-order valence-corrected chi connectivity index (χ2v) is 7.68. The molecule has 3 aromatic rings. The summed E-state index contributed by atoms with van der Waals surface area (Å²) in [6.45, 7) is 2.15. The van der Waals surface area contributed by atoms with Gasteiger partial charge in [0.15, 0.2) is 0 Å². The molecule has 0 radical (unpaired) electrons. The maximum absolute atomic E-state index is 7.74. The van der Waals surface area contributed by atoms with Gasteiger partial charge in [0, 0.05) is 57.0 Å². The van der Waals surface area contributed by atoms with Gasteiger partial charge >= 0.3 is 0 Å². The number of hydrogen-bond acceptors (Lipinski definition) is 5. The molecule has 0 spiro atoms. The molecule has 1 fully saturated rings. The lowest BCUT2D eigenvalue weighted by Gasteiger charge is -2.14. The van der Waals surface area contributed by atoms with Crippen LogP contribution in [0.4, 0.5) is 0 Å². The largest absolute Gasteiger partial charge is 0.312 e. The molecule has 3 heterocycles. The minimum atomic E-state index is -0.279. The molecule has 4 rings (SSSR count). The van der Waals surface area contributed by atoms with Crippen molar-refractivity contribution in [1.29, 1.82) is 5.41 Å². The van der Waals surface area contributed by atoms with Crippen LogP contribution >= 0.6 is 0 Å². The van der Waals surface area contributed by atoms with Gasteiger partial charge in [-0.25, -0.2) is 9.97 Å². The molecule has 7 heteroatoms. The van der Waals surface area contributed by atoms with Crippen LogP contribution in [-0.2, 0) is 0 Å². The molecule has 1 aliphatic rings. The Labute approximate surface area is 176 Å². The van der Waals surface area contributed by atoms with E-state index in [1.807, 2.05) is 22.9 Å². The molecule has 2 unspecified atom stereocenters. The van der Waals surface area contributed by atoms with Gasteiger partial charge in [0.1, 0.15) is 11.5 Å². The topological polar surface area (TPSA) is 84.2 Å². The molecule has 30 heavy (non-hydrogen) atoms. The van der Waals surface area contributed by atoms with Crippen molar-refractivity contribution in [2.24, 2.45) is 10.9 Å². The predicted octanol–water partition coefficient (Wildman–Crippen LogP) is 4.17. The van der Waals surface area contributed by atoms with Gasteiger partial charge in [-0.15, -0.1) is 11.8 Å². The molecule has 0 amide bonds. The lowest BCUT2D eigenvalue weighted by molar-refractivity contribution is 0.414. The van der Waals surface area contributed by atoms with Gasteiger partial charge in [-0.3, -0.25) is 14.1 Å². The van der Waals surface area contributed by atoms with Crippen molar-refractivity contribution in [3.8, 4) is 23.2 Å². The van der Waals surface area contributed by atoms with Crippen LogP contribution in [0.3, 0.4) is 0 Å². The van der Waals surface area contributed by atoms with Gasteiger partial charge in [0.25, 0.3) is 0 Å². The fourth-order valence-electron chi connectivity index (χ4n) is 3.66. The van der Waals surface area contributed by atoms with Gasteiger partial charge < -0.3 is 5.41 Å². The van der Waals surface area contributed by atoms with E-state index in [2.05, 4.69) is 44.7 Å². The molecule has 0 bridgehead atoms. The van der Waals surface area contributed by atoms with Crippen molar-refractivity contribution in [2.75, 3.05) is 7.05 Å². The van der Waals surface area contributed by atoms with E-state index in [4.69, 9.17) is 10.4 Å². The zero-order valence-electron chi connectivity index (χ0n) is 17.5. The van der Waals surface area contributed by atoms with E-state index in [0.29, 0.717) is 12.0 Å². The molecular formula is C23H27N7. The lowest BCUT2D eigenvalue weighted by Crippen LogP contribution is -2.11. The van der Waals surface area contributed by atoms with Crippen molar-refractivity contribution in [3.63, 3.8) is 0 Å². The summed E-state index contributed by atoms with van der Waals surface area (Å²) in [4.78, 5) is 13.4. The van der Waals surface area contributed by atoms with E-state index in [9.17, 15) is 0 Å².